The first-order valence-corrected chi connectivity index (χ1v) is 9.05. The Hall–Kier alpha value is -1.01. The van der Waals surface area contributed by atoms with Crippen molar-refractivity contribution in [2.75, 3.05) is 26.2 Å². The van der Waals surface area contributed by atoms with Crippen molar-refractivity contribution in [1.82, 2.24) is 4.90 Å². The van der Waals surface area contributed by atoms with Gasteiger partial charge in [0.1, 0.15) is 5.75 Å². The molecule has 1 saturated heterocycles. The van der Waals surface area contributed by atoms with Gasteiger partial charge in [-0.15, -0.1) is 12.4 Å². The molecular weight excluding hydrogens is 363 g/mol. The molecule has 1 aliphatic rings. The number of nitrogens with zero attached hydrogens (tertiary/aromatic N) is 1. The maximum atomic E-state index is 12.7. The number of hydrogen-bond donors (Lipinski definition) is 1. The molecule has 0 aliphatic carbocycles. The number of nitrogens with two attached hydrogens (primary N) is 1. The maximum absolute atomic E-state index is 12.7. The third-order valence-corrected chi connectivity index (χ3v) is 4.52. The summed E-state index contributed by atoms with van der Waals surface area (Å²) in [5, 5.41) is 0.524. The van der Waals surface area contributed by atoms with E-state index in [9.17, 15) is 4.79 Å². The molecule has 2 rings (SSSR count). The SMILES string of the molecule is CCC(Oc1ccccc1Cl)C(=O)N1CCC(OCCCN)CC1.Cl. The second-order valence-corrected chi connectivity index (χ2v) is 6.39. The molecule has 0 aromatic heterocycles. The van der Waals surface area contributed by atoms with Gasteiger partial charge in [-0.25, -0.2) is 0 Å². The van der Waals surface area contributed by atoms with Gasteiger partial charge in [-0.3, -0.25) is 4.79 Å². The highest BCUT2D eigenvalue weighted by Gasteiger charge is 2.29. The van der Waals surface area contributed by atoms with Crippen LogP contribution in [-0.2, 0) is 9.53 Å². The van der Waals surface area contributed by atoms with Gasteiger partial charge in [0, 0.05) is 19.7 Å². The van der Waals surface area contributed by atoms with E-state index in [2.05, 4.69) is 0 Å². The molecular formula is C18H28Cl2N2O3. The molecule has 0 bridgehead atoms. The molecule has 1 aliphatic heterocycles. The molecule has 1 aromatic carbocycles. The van der Waals surface area contributed by atoms with E-state index in [0.29, 0.717) is 43.4 Å². The lowest BCUT2D eigenvalue weighted by atomic mass is 10.1. The molecule has 1 atom stereocenters. The molecule has 1 amide bonds. The smallest absolute Gasteiger partial charge is 0.263 e. The van der Waals surface area contributed by atoms with Crippen molar-refractivity contribution in [3.8, 4) is 5.75 Å². The lowest BCUT2D eigenvalue weighted by Crippen LogP contribution is -2.47. The van der Waals surface area contributed by atoms with Crippen LogP contribution in [0.25, 0.3) is 0 Å². The van der Waals surface area contributed by atoms with Gasteiger partial charge in [0.2, 0.25) is 0 Å². The lowest BCUT2D eigenvalue weighted by Gasteiger charge is -2.34. The lowest BCUT2D eigenvalue weighted by molar-refractivity contribution is -0.141. The summed E-state index contributed by atoms with van der Waals surface area (Å²) in [7, 11) is 0. The van der Waals surface area contributed by atoms with E-state index in [4.69, 9.17) is 26.8 Å². The zero-order chi connectivity index (χ0) is 17.4. The van der Waals surface area contributed by atoms with E-state index in [-0.39, 0.29) is 24.4 Å². The number of halogens is 2. The first-order chi connectivity index (χ1) is 11.7. The second kappa shape index (κ2) is 11.6. The number of carbonyl (C=O) groups excluding carboxylic acids is 1. The van der Waals surface area contributed by atoms with Crippen LogP contribution in [0, 0.1) is 0 Å². The fourth-order valence-electron chi connectivity index (χ4n) is 2.78. The summed E-state index contributed by atoms with van der Waals surface area (Å²) < 4.78 is 11.6. The highest BCUT2D eigenvalue weighted by Crippen LogP contribution is 2.26. The molecule has 142 valence electrons. The van der Waals surface area contributed by atoms with Crippen LogP contribution in [-0.4, -0.2) is 49.3 Å². The van der Waals surface area contributed by atoms with Crippen LogP contribution in [0.15, 0.2) is 24.3 Å². The highest BCUT2D eigenvalue weighted by atomic mass is 35.5. The van der Waals surface area contributed by atoms with Crippen LogP contribution >= 0.6 is 24.0 Å². The Morgan fingerprint density at radius 1 is 1.36 bits per heavy atom. The molecule has 1 aromatic rings. The first kappa shape index (κ1) is 22.0. The van der Waals surface area contributed by atoms with Crippen LogP contribution in [0.2, 0.25) is 5.02 Å². The predicted molar refractivity (Wildman–Crippen MR) is 103 cm³/mol. The minimum atomic E-state index is -0.500. The zero-order valence-electron chi connectivity index (χ0n) is 14.7. The number of para-hydroxylation sites is 1. The number of rotatable bonds is 8. The van der Waals surface area contributed by atoms with Crippen molar-refractivity contribution in [3.63, 3.8) is 0 Å². The standard InChI is InChI=1S/C18H27ClN2O3.ClH/c1-2-16(24-17-7-4-3-6-15(17)19)18(22)21-11-8-14(9-12-21)23-13-5-10-20;/h3-4,6-7,14,16H,2,5,8-13,20H2,1H3;1H. The summed E-state index contributed by atoms with van der Waals surface area (Å²) in [5.74, 6) is 0.581. The molecule has 7 heteroatoms. The minimum absolute atomic E-state index is 0. The number of likely N-dealkylation sites (tertiary alicyclic amines) is 1. The summed E-state index contributed by atoms with van der Waals surface area (Å²) in [4.78, 5) is 14.6. The van der Waals surface area contributed by atoms with Crippen LogP contribution in [0.5, 0.6) is 5.75 Å². The van der Waals surface area contributed by atoms with Gasteiger partial charge in [-0.2, -0.15) is 0 Å². The van der Waals surface area contributed by atoms with Gasteiger partial charge in [0.05, 0.1) is 11.1 Å². The largest absolute Gasteiger partial charge is 0.479 e. The van der Waals surface area contributed by atoms with Crippen molar-refractivity contribution in [2.24, 2.45) is 5.73 Å². The Kier molecular flexibility index (Phi) is 10.2. The van der Waals surface area contributed by atoms with Crippen molar-refractivity contribution in [3.05, 3.63) is 29.3 Å². The Balaban J connectivity index is 0.00000312. The first-order valence-electron chi connectivity index (χ1n) is 8.67. The molecule has 0 spiro atoms. The molecule has 1 fully saturated rings. The third kappa shape index (κ3) is 6.66. The summed E-state index contributed by atoms with van der Waals surface area (Å²) >= 11 is 6.12. The number of amides is 1. The molecule has 1 heterocycles. The fourth-order valence-corrected chi connectivity index (χ4v) is 2.96. The minimum Gasteiger partial charge on any atom is -0.479 e. The van der Waals surface area contributed by atoms with Gasteiger partial charge < -0.3 is 20.1 Å². The Labute approximate surface area is 161 Å². The van der Waals surface area contributed by atoms with Gasteiger partial charge in [0.25, 0.3) is 5.91 Å². The van der Waals surface area contributed by atoms with E-state index in [0.717, 1.165) is 19.3 Å². The number of piperidine rings is 1. The van der Waals surface area contributed by atoms with Crippen LogP contribution < -0.4 is 10.5 Å². The average Bonchev–Trinajstić information content (AvgIpc) is 2.61. The van der Waals surface area contributed by atoms with Crippen LogP contribution in [0.4, 0.5) is 0 Å². The number of carbonyl (C=O) groups is 1. The Bertz CT molecular complexity index is 523. The van der Waals surface area contributed by atoms with E-state index in [1.807, 2.05) is 24.0 Å². The highest BCUT2D eigenvalue weighted by molar-refractivity contribution is 6.32. The van der Waals surface area contributed by atoms with Gasteiger partial charge in [-0.05, 0) is 44.4 Å². The quantitative estimate of drug-likeness (QED) is 0.691. The van der Waals surface area contributed by atoms with Gasteiger partial charge in [0.15, 0.2) is 6.10 Å². The normalized spacial score (nSPS) is 16.2. The molecule has 0 radical (unpaired) electrons. The molecule has 0 saturated carbocycles. The Morgan fingerprint density at radius 2 is 2.04 bits per heavy atom. The third-order valence-electron chi connectivity index (χ3n) is 4.21. The zero-order valence-corrected chi connectivity index (χ0v) is 16.2. The molecule has 25 heavy (non-hydrogen) atoms. The van der Waals surface area contributed by atoms with E-state index < -0.39 is 6.10 Å². The van der Waals surface area contributed by atoms with Crippen molar-refractivity contribution in [2.45, 2.75) is 44.8 Å². The number of ether oxygens (including phenoxy) is 2. The summed E-state index contributed by atoms with van der Waals surface area (Å²) in [6.07, 6.45) is 2.93. The number of benzene rings is 1. The Morgan fingerprint density at radius 3 is 2.64 bits per heavy atom. The van der Waals surface area contributed by atoms with E-state index in [1.54, 1.807) is 12.1 Å². The van der Waals surface area contributed by atoms with Crippen LogP contribution in [0.1, 0.15) is 32.6 Å². The maximum Gasteiger partial charge on any atom is 0.263 e. The number of hydrogen-bond acceptors (Lipinski definition) is 4. The average molecular weight is 391 g/mol. The van der Waals surface area contributed by atoms with Gasteiger partial charge in [-0.1, -0.05) is 30.7 Å². The van der Waals surface area contributed by atoms with Crippen molar-refractivity contribution < 1.29 is 14.3 Å². The molecule has 2 N–H and O–H groups in total. The summed E-state index contributed by atoms with van der Waals surface area (Å²) in [5.41, 5.74) is 5.47. The van der Waals surface area contributed by atoms with E-state index >= 15 is 0 Å². The van der Waals surface area contributed by atoms with Gasteiger partial charge >= 0.3 is 0 Å². The topological polar surface area (TPSA) is 64.8 Å². The molecule has 5 nitrogen and oxygen atoms in total. The summed E-state index contributed by atoms with van der Waals surface area (Å²) in [6, 6.07) is 7.24. The summed E-state index contributed by atoms with van der Waals surface area (Å²) in [6.45, 7) is 4.70. The second-order valence-electron chi connectivity index (χ2n) is 5.98. The van der Waals surface area contributed by atoms with Crippen LogP contribution in [0.3, 0.4) is 0 Å². The molecule has 1 unspecified atom stereocenters. The fraction of sp³-hybridized carbons (Fsp3) is 0.611. The van der Waals surface area contributed by atoms with Crippen molar-refractivity contribution >= 4 is 29.9 Å². The monoisotopic (exact) mass is 390 g/mol. The van der Waals surface area contributed by atoms with Crippen molar-refractivity contribution in [1.29, 1.82) is 0 Å². The van der Waals surface area contributed by atoms with E-state index in [1.165, 1.54) is 0 Å². The predicted octanol–water partition coefficient (Wildman–Crippen LogP) is 3.28.